The molecule has 0 N–H and O–H groups in total. The average molecular weight is 350 g/mol. The average Bonchev–Trinajstić information content (AvgIpc) is 3.04. The third kappa shape index (κ3) is 3.57. The van der Waals surface area contributed by atoms with Crippen LogP contribution in [0.2, 0.25) is 0 Å². The number of piperazine rings is 1. The van der Waals surface area contributed by atoms with Gasteiger partial charge in [0.05, 0.1) is 6.04 Å². The van der Waals surface area contributed by atoms with E-state index in [0.717, 1.165) is 43.0 Å². The molecule has 130 valence electrons. The van der Waals surface area contributed by atoms with Crippen molar-refractivity contribution in [3.05, 3.63) is 28.3 Å². The largest absolute Gasteiger partial charge is 0.377 e. The van der Waals surface area contributed by atoms with Crippen molar-refractivity contribution in [1.29, 1.82) is 0 Å². The van der Waals surface area contributed by atoms with E-state index in [-0.39, 0.29) is 11.6 Å². The maximum absolute atomic E-state index is 11.8. The van der Waals surface area contributed by atoms with E-state index >= 15 is 0 Å². The van der Waals surface area contributed by atoms with Crippen LogP contribution in [-0.2, 0) is 11.3 Å². The standard InChI is InChI=1S/C15H22N6O2S/c1-11(2)21-14(22)5-4-13(17-21)19-6-8-20(9-7-19)15-16-12(10-23-3)18-24-15/h4-5,11H,6-10H2,1-3H3. The number of anilines is 2. The van der Waals surface area contributed by atoms with Gasteiger partial charge in [-0.15, -0.1) is 0 Å². The zero-order valence-corrected chi connectivity index (χ0v) is 15.0. The van der Waals surface area contributed by atoms with Crippen molar-refractivity contribution in [1.82, 2.24) is 19.1 Å². The summed E-state index contributed by atoms with van der Waals surface area (Å²) in [6.07, 6.45) is 0. The van der Waals surface area contributed by atoms with Crippen LogP contribution < -0.4 is 15.4 Å². The molecule has 0 aliphatic carbocycles. The first-order valence-corrected chi connectivity index (χ1v) is 8.77. The molecule has 0 amide bonds. The summed E-state index contributed by atoms with van der Waals surface area (Å²) in [7, 11) is 1.64. The molecule has 1 fully saturated rings. The first-order valence-electron chi connectivity index (χ1n) is 8.00. The number of rotatable bonds is 5. The second-order valence-corrected chi connectivity index (χ2v) is 6.70. The summed E-state index contributed by atoms with van der Waals surface area (Å²) in [4.78, 5) is 20.8. The van der Waals surface area contributed by atoms with Crippen LogP contribution in [-0.4, -0.2) is 52.4 Å². The van der Waals surface area contributed by atoms with E-state index in [0.29, 0.717) is 6.61 Å². The van der Waals surface area contributed by atoms with Gasteiger partial charge in [0.15, 0.2) is 5.82 Å². The highest BCUT2D eigenvalue weighted by Crippen LogP contribution is 2.21. The van der Waals surface area contributed by atoms with Gasteiger partial charge >= 0.3 is 0 Å². The molecule has 0 bridgehead atoms. The van der Waals surface area contributed by atoms with Gasteiger partial charge in [0.25, 0.3) is 5.56 Å². The fraction of sp³-hybridized carbons (Fsp3) is 0.600. The Labute approximate surface area is 144 Å². The zero-order valence-electron chi connectivity index (χ0n) is 14.2. The maximum atomic E-state index is 11.8. The fourth-order valence-corrected chi connectivity index (χ4v) is 3.37. The Hall–Kier alpha value is -2.00. The molecule has 3 heterocycles. The molecule has 2 aromatic rings. The first-order chi connectivity index (χ1) is 11.6. The van der Waals surface area contributed by atoms with Gasteiger partial charge in [-0.1, -0.05) is 0 Å². The Morgan fingerprint density at radius 3 is 2.58 bits per heavy atom. The van der Waals surface area contributed by atoms with Crippen LogP contribution in [0.1, 0.15) is 25.7 Å². The quantitative estimate of drug-likeness (QED) is 0.800. The lowest BCUT2D eigenvalue weighted by Gasteiger charge is -2.35. The third-order valence-electron chi connectivity index (χ3n) is 3.91. The molecule has 9 heteroatoms. The number of nitrogens with zero attached hydrogens (tertiary/aromatic N) is 6. The molecule has 3 rings (SSSR count). The summed E-state index contributed by atoms with van der Waals surface area (Å²) >= 11 is 1.41. The molecule has 8 nitrogen and oxygen atoms in total. The van der Waals surface area contributed by atoms with E-state index < -0.39 is 0 Å². The second kappa shape index (κ2) is 7.27. The maximum Gasteiger partial charge on any atom is 0.267 e. The molecule has 0 aromatic carbocycles. The number of aromatic nitrogens is 4. The van der Waals surface area contributed by atoms with Crippen LogP contribution in [0.3, 0.4) is 0 Å². The third-order valence-corrected chi connectivity index (χ3v) is 4.72. The summed E-state index contributed by atoms with van der Waals surface area (Å²) in [5.41, 5.74) is -0.0630. The van der Waals surface area contributed by atoms with Crippen LogP contribution in [0, 0.1) is 0 Å². The number of ether oxygens (including phenoxy) is 1. The predicted octanol–water partition coefficient (Wildman–Crippen LogP) is 1.15. The van der Waals surface area contributed by atoms with Crippen molar-refractivity contribution in [2.75, 3.05) is 43.1 Å². The van der Waals surface area contributed by atoms with Crippen LogP contribution in [0.4, 0.5) is 10.9 Å². The minimum absolute atomic E-state index is 0.0549. The lowest BCUT2D eigenvalue weighted by atomic mass is 10.3. The highest BCUT2D eigenvalue weighted by Gasteiger charge is 2.21. The second-order valence-electron chi connectivity index (χ2n) is 5.97. The summed E-state index contributed by atoms with van der Waals surface area (Å²) in [5.74, 6) is 1.57. The smallest absolute Gasteiger partial charge is 0.267 e. The molecule has 24 heavy (non-hydrogen) atoms. The van der Waals surface area contributed by atoms with E-state index in [1.807, 2.05) is 13.8 Å². The Morgan fingerprint density at radius 1 is 1.21 bits per heavy atom. The van der Waals surface area contributed by atoms with Crippen molar-refractivity contribution < 1.29 is 4.74 Å². The molecule has 0 spiro atoms. The van der Waals surface area contributed by atoms with Crippen molar-refractivity contribution in [3.63, 3.8) is 0 Å². The van der Waals surface area contributed by atoms with Crippen LogP contribution in [0.5, 0.6) is 0 Å². The van der Waals surface area contributed by atoms with Crippen molar-refractivity contribution in [2.45, 2.75) is 26.5 Å². The Kier molecular flexibility index (Phi) is 5.10. The Morgan fingerprint density at radius 2 is 1.92 bits per heavy atom. The molecular formula is C15H22N6O2S. The van der Waals surface area contributed by atoms with E-state index in [9.17, 15) is 4.79 Å². The number of hydrogen-bond acceptors (Lipinski definition) is 8. The number of methoxy groups -OCH3 is 1. The highest BCUT2D eigenvalue weighted by atomic mass is 32.1. The molecule has 1 aliphatic heterocycles. The molecule has 1 aliphatic rings. The monoisotopic (exact) mass is 350 g/mol. The Bertz CT molecular complexity index is 736. The van der Waals surface area contributed by atoms with Crippen LogP contribution in [0.15, 0.2) is 16.9 Å². The van der Waals surface area contributed by atoms with Gasteiger partial charge < -0.3 is 14.5 Å². The molecular weight excluding hydrogens is 328 g/mol. The van der Waals surface area contributed by atoms with Gasteiger partial charge in [-0.25, -0.2) is 9.67 Å². The number of hydrogen-bond donors (Lipinski definition) is 0. The summed E-state index contributed by atoms with van der Waals surface area (Å²) < 4.78 is 10.9. The van der Waals surface area contributed by atoms with Crippen molar-refractivity contribution >= 4 is 22.5 Å². The molecule has 0 saturated carbocycles. The zero-order chi connectivity index (χ0) is 17.1. The van der Waals surface area contributed by atoms with Crippen molar-refractivity contribution in [3.8, 4) is 0 Å². The molecule has 2 aromatic heterocycles. The van der Waals surface area contributed by atoms with E-state index in [1.165, 1.54) is 16.2 Å². The van der Waals surface area contributed by atoms with Gasteiger partial charge in [-0.05, 0) is 19.9 Å². The van der Waals surface area contributed by atoms with Gasteiger partial charge in [0.1, 0.15) is 12.4 Å². The lowest BCUT2D eigenvalue weighted by molar-refractivity contribution is 0.179. The normalized spacial score (nSPS) is 15.3. The minimum Gasteiger partial charge on any atom is -0.377 e. The molecule has 0 unspecified atom stereocenters. The summed E-state index contributed by atoms with van der Waals surface area (Å²) in [6.45, 7) is 7.74. The summed E-state index contributed by atoms with van der Waals surface area (Å²) in [5, 5.41) is 5.42. The molecule has 0 atom stereocenters. The SMILES string of the molecule is COCc1nsc(N2CCN(c3ccc(=O)n(C(C)C)n3)CC2)n1. The lowest BCUT2D eigenvalue weighted by Crippen LogP contribution is -2.47. The van der Waals surface area contributed by atoms with Gasteiger partial charge in [0.2, 0.25) is 5.13 Å². The minimum atomic E-state index is -0.0630. The van der Waals surface area contributed by atoms with Gasteiger partial charge in [0, 0.05) is 50.9 Å². The predicted molar refractivity (Wildman–Crippen MR) is 93.9 cm³/mol. The molecule has 1 saturated heterocycles. The van der Waals surface area contributed by atoms with Gasteiger partial charge in [-0.2, -0.15) is 9.47 Å². The van der Waals surface area contributed by atoms with E-state index in [1.54, 1.807) is 19.2 Å². The van der Waals surface area contributed by atoms with E-state index in [4.69, 9.17) is 4.74 Å². The van der Waals surface area contributed by atoms with E-state index in [2.05, 4.69) is 24.3 Å². The summed E-state index contributed by atoms with van der Waals surface area (Å²) in [6, 6.07) is 3.45. The van der Waals surface area contributed by atoms with Gasteiger partial charge in [-0.3, -0.25) is 4.79 Å². The first kappa shape index (κ1) is 16.8. The topological polar surface area (TPSA) is 76.4 Å². The highest BCUT2D eigenvalue weighted by molar-refractivity contribution is 7.09. The Balaban J connectivity index is 1.66. The van der Waals surface area contributed by atoms with Crippen LogP contribution in [0.25, 0.3) is 0 Å². The van der Waals surface area contributed by atoms with Crippen molar-refractivity contribution in [2.24, 2.45) is 0 Å². The fourth-order valence-electron chi connectivity index (χ4n) is 2.64. The van der Waals surface area contributed by atoms with Crippen LogP contribution >= 0.6 is 11.5 Å². The molecule has 0 radical (unpaired) electrons.